The molecule has 2 heterocycles. The fourth-order valence-electron chi connectivity index (χ4n) is 2.12. The Hall–Kier alpha value is -3.20. The van der Waals surface area contributed by atoms with Crippen LogP contribution in [0, 0.1) is 10.1 Å². The number of nitrogens with zero attached hydrogens (tertiary/aromatic N) is 6. The van der Waals surface area contributed by atoms with E-state index >= 15 is 0 Å². The number of non-ortho nitro benzene ring substituents is 1. The monoisotopic (exact) mass is 312 g/mol. The molecule has 0 fully saturated rings. The van der Waals surface area contributed by atoms with Crippen molar-refractivity contribution in [2.24, 2.45) is 0 Å². The average Bonchev–Trinajstić information content (AvgIpc) is 3.04. The molecular formula is C14H12N6O3. The Kier molecular flexibility index (Phi) is 4.02. The van der Waals surface area contributed by atoms with Gasteiger partial charge in [0.15, 0.2) is 0 Å². The number of nitro benzene ring substituents is 1. The molecule has 0 spiro atoms. The number of aliphatic hydroxyl groups excluding tert-OH is 1. The van der Waals surface area contributed by atoms with Crippen molar-refractivity contribution in [1.29, 1.82) is 0 Å². The number of hydrogen-bond donors (Lipinski definition) is 1. The molecular weight excluding hydrogens is 300 g/mol. The summed E-state index contributed by atoms with van der Waals surface area (Å²) in [5.74, 6) is 0.412. The van der Waals surface area contributed by atoms with Crippen LogP contribution in [0.5, 0.6) is 0 Å². The van der Waals surface area contributed by atoms with Crippen LogP contribution in [0.2, 0.25) is 0 Å². The number of rotatable bonds is 5. The summed E-state index contributed by atoms with van der Waals surface area (Å²) in [4.78, 5) is 14.5. The van der Waals surface area contributed by atoms with Crippen LogP contribution < -0.4 is 0 Å². The van der Waals surface area contributed by atoms with Gasteiger partial charge < -0.3 is 5.11 Å². The fraction of sp³-hybridized carbons (Fsp3) is 0.143. The molecule has 9 heteroatoms. The zero-order valence-corrected chi connectivity index (χ0v) is 11.9. The van der Waals surface area contributed by atoms with Gasteiger partial charge >= 0.3 is 0 Å². The smallest absolute Gasteiger partial charge is 0.269 e. The second kappa shape index (κ2) is 6.28. The van der Waals surface area contributed by atoms with Gasteiger partial charge in [-0.2, -0.15) is 0 Å². The fourth-order valence-corrected chi connectivity index (χ4v) is 2.12. The van der Waals surface area contributed by atoms with E-state index in [0.717, 1.165) is 0 Å². The van der Waals surface area contributed by atoms with Crippen molar-refractivity contribution in [2.75, 3.05) is 0 Å². The number of pyridine rings is 1. The Labute approximate surface area is 130 Å². The summed E-state index contributed by atoms with van der Waals surface area (Å²) in [5.41, 5.74) is 0.911. The van der Waals surface area contributed by atoms with Crippen LogP contribution in [0.25, 0.3) is 11.5 Å². The highest BCUT2D eigenvalue weighted by atomic mass is 16.6. The van der Waals surface area contributed by atoms with Crippen LogP contribution in [-0.2, 0) is 6.54 Å². The van der Waals surface area contributed by atoms with E-state index in [9.17, 15) is 15.2 Å². The molecule has 9 nitrogen and oxygen atoms in total. The molecule has 2 aromatic heterocycles. The molecule has 1 unspecified atom stereocenters. The third kappa shape index (κ3) is 3.19. The molecule has 1 aromatic carbocycles. The molecule has 116 valence electrons. The first-order valence-corrected chi connectivity index (χ1v) is 6.75. The Morgan fingerprint density at radius 1 is 1.26 bits per heavy atom. The highest BCUT2D eigenvalue weighted by Gasteiger charge is 2.17. The lowest BCUT2D eigenvalue weighted by molar-refractivity contribution is -0.385. The van der Waals surface area contributed by atoms with E-state index in [1.807, 2.05) is 0 Å². The van der Waals surface area contributed by atoms with Gasteiger partial charge in [0.1, 0.15) is 5.69 Å². The van der Waals surface area contributed by atoms with Gasteiger partial charge in [-0.25, -0.2) is 4.68 Å². The van der Waals surface area contributed by atoms with Gasteiger partial charge in [-0.3, -0.25) is 15.1 Å². The minimum atomic E-state index is -0.985. The molecule has 23 heavy (non-hydrogen) atoms. The third-order valence-electron chi connectivity index (χ3n) is 3.24. The van der Waals surface area contributed by atoms with Crippen LogP contribution in [0.1, 0.15) is 11.7 Å². The SMILES string of the molecule is O=[N+]([O-])c1cccc(C(O)Cn2nnnc2-c2ccccn2)c1. The molecule has 0 aliphatic carbocycles. The van der Waals surface area contributed by atoms with Crippen molar-refractivity contribution >= 4 is 5.69 Å². The Balaban J connectivity index is 1.84. The first-order chi connectivity index (χ1) is 11.1. The van der Waals surface area contributed by atoms with E-state index in [2.05, 4.69) is 20.5 Å². The van der Waals surface area contributed by atoms with Gasteiger partial charge in [-0.05, 0) is 28.1 Å². The molecule has 0 amide bonds. The van der Waals surface area contributed by atoms with Gasteiger partial charge in [0.25, 0.3) is 5.69 Å². The van der Waals surface area contributed by atoms with E-state index in [0.29, 0.717) is 17.1 Å². The first kappa shape index (κ1) is 14.7. The molecule has 1 N–H and O–H groups in total. The number of aliphatic hydroxyl groups is 1. The molecule has 0 saturated heterocycles. The van der Waals surface area contributed by atoms with Crippen LogP contribution in [0.3, 0.4) is 0 Å². The second-order valence-electron chi connectivity index (χ2n) is 4.77. The topological polar surface area (TPSA) is 120 Å². The zero-order chi connectivity index (χ0) is 16.2. The van der Waals surface area contributed by atoms with Gasteiger partial charge in [-0.1, -0.05) is 18.2 Å². The maximum atomic E-state index is 10.8. The minimum absolute atomic E-state index is 0.0556. The quantitative estimate of drug-likeness (QED) is 0.558. The summed E-state index contributed by atoms with van der Waals surface area (Å²) >= 11 is 0. The normalized spacial score (nSPS) is 12.0. The van der Waals surface area contributed by atoms with E-state index in [1.54, 1.807) is 30.5 Å². The summed E-state index contributed by atoms with van der Waals surface area (Å²) < 4.78 is 1.41. The van der Waals surface area contributed by atoms with Crippen molar-refractivity contribution in [2.45, 2.75) is 12.6 Å². The predicted molar refractivity (Wildman–Crippen MR) is 79.1 cm³/mol. The highest BCUT2D eigenvalue weighted by molar-refractivity contribution is 5.47. The van der Waals surface area contributed by atoms with Crippen molar-refractivity contribution in [3.8, 4) is 11.5 Å². The van der Waals surface area contributed by atoms with Crippen LogP contribution >= 0.6 is 0 Å². The molecule has 3 aromatic rings. The number of benzene rings is 1. The number of aromatic nitrogens is 5. The lowest BCUT2D eigenvalue weighted by Crippen LogP contribution is -2.12. The summed E-state index contributed by atoms with van der Waals surface area (Å²) in [6.07, 6.45) is 0.631. The lowest BCUT2D eigenvalue weighted by atomic mass is 10.1. The third-order valence-corrected chi connectivity index (χ3v) is 3.24. The average molecular weight is 312 g/mol. The molecule has 3 rings (SSSR count). The van der Waals surface area contributed by atoms with E-state index in [4.69, 9.17) is 0 Å². The van der Waals surface area contributed by atoms with Gasteiger partial charge in [0.2, 0.25) is 5.82 Å². The number of tetrazole rings is 1. The predicted octanol–water partition coefficient (Wildman–Crippen LogP) is 1.38. The van der Waals surface area contributed by atoms with E-state index in [1.165, 1.54) is 22.9 Å². The maximum absolute atomic E-state index is 10.8. The van der Waals surface area contributed by atoms with Crippen molar-refractivity contribution < 1.29 is 10.0 Å². The van der Waals surface area contributed by atoms with Crippen LogP contribution in [0.15, 0.2) is 48.7 Å². The summed E-state index contributed by atoms with van der Waals surface area (Å²) in [6.45, 7) is 0.0556. The van der Waals surface area contributed by atoms with Crippen LogP contribution in [0.4, 0.5) is 5.69 Å². The lowest BCUT2D eigenvalue weighted by Gasteiger charge is -2.11. The zero-order valence-electron chi connectivity index (χ0n) is 11.9. The molecule has 0 saturated carbocycles. The van der Waals surface area contributed by atoms with Crippen molar-refractivity contribution in [3.63, 3.8) is 0 Å². The summed E-state index contributed by atoms with van der Waals surface area (Å²) in [7, 11) is 0. The van der Waals surface area contributed by atoms with Gasteiger partial charge in [0.05, 0.1) is 17.6 Å². The van der Waals surface area contributed by atoms with Crippen LogP contribution in [-0.4, -0.2) is 35.2 Å². The minimum Gasteiger partial charge on any atom is -0.386 e. The Bertz CT molecular complexity index is 820. The summed E-state index contributed by atoms with van der Waals surface area (Å²) in [6, 6.07) is 11.2. The Morgan fingerprint density at radius 2 is 2.13 bits per heavy atom. The molecule has 0 aliphatic heterocycles. The molecule has 0 aliphatic rings. The Morgan fingerprint density at radius 3 is 2.87 bits per heavy atom. The first-order valence-electron chi connectivity index (χ1n) is 6.75. The highest BCUT2D eigenvalue weighted by Crippen LogP contribution is 2.22. The van der Waals surface area contributed by atoms with Gasteiger partial charge in [-0.15, -0.1) is 5.10 Å². The van der Waals surface area contributed by atoms with Gasteiger partial charge in [0, 0.05) is 18.3 Å². The maximum Gasteiger partial charge on any atom is 0.269 e. The van der Waals surface area contributed by atoms with Crippen molar-refractivity contribution in [1.82, 2.24) is 25.2 Å². The van der Waals surface area contributed by atoms with E-state index in [-0.39, 0.29) is 12.2 Å². The summed E-state index contributed by atoms with van der Waals surface area (Å²) in [5, 5.41) is 32.5. The van der Waals surface area contributed by atoms with E-state index < -0.39 is 11.0 Å². The van der Waals surface area contributed by atoms with Crippen molar-refractivity contribution in [3.05, 3.63) is 64.3 Å². The molecule has 1 atom stereocenters. The standard InChI is InChI=1S/C14H12N6O3/c21-13(10-4-3-5-11(8-10)20(22)23)9-19-14(16-17-18-19)12-6-1-2-7-15-12/h1-8,13,21H,9H2. The second-order valence-corrected chi connectivity index (χ2v) is 4.77. The largest absolute Gasteiger partial charge is 0.386 e. The molecule has 0 radical (unpaired) electrons. The number of nitro groups is 1. The number of hydrogen-bond acceptors (Lipinski definition) is 7. The molecule has 0 bridgehead atoms.